The second-order valence-corrected chi connectivity index (χ2v) is 8.61. The van der Waals surface area contributed by atoms with Crippen LogP contribution >= 0.6 is 0 Å². The molecule has 3 N–H and O–H groups in total. The van der Waals surface area contributed by atoms with Crippen molar-refractivity contribution in [1.82, 2.24) is 10.3 Å². The molecule has 0 aliphatic carbocycles. The summed E-state index contributed by atoms with van der Waals surface area (Å²) in [6.07, 6.45) is 5.57. The molecular weight excluding hydrogens is 414 g/mol. The number of aromatic hydroxyl groups is 2. The van der Waals surface area contributed by atoms with E-state index < -0.39 is 0 Å². The molecule has 2 aromatic carbocycles. The predicted molar refractivity (Wildman–Crippen MR) is 132 cm³/mol. The lowest BCUT2D eigenvalue weighted by Gasteiger charge is -2.36. The summed E-state index contributed by atoms with van der Waals surface area (Å²) in [5, 5.41) is 23.9. The Morgan fingerprint density at radius 1 is 1.09 bits per heavy atom. The zero-order valence-electron chi connectivity index (χ0n) is 19.4. The molecule has 0 saturated carbocycles. The number of ether oxygens (including phenoxy) is 1. The Bertz CT molecular complexity index is 1080. The van der Waals surface area contributed by atoms with Crippen LogP contribution in [-0.2, 0) is 13.0 Å². The normalized spacial score (nSPS) is 14.2. The van der Waals surface area contributed by atoms with Gasteiger partial charge in [0.15, 0.2) is 11.5 Å². The maximum atomic E-state index is 10.2. The van der Waals surface area contributed by atoms with Crippen LogP contribution in [-0.4, -0.2) is 41.4 Å². The molecule has 174 valence electrons. The number of hydrogen-bond donors (Lipinski definition) is 3. The number of methoxy groups -OCH3 is 1. The topological polar surface area (TPSA) is 77.9 Å². The van der Waals surface area contributed by atoms with E-state index in [1.807, 2.05) is 30.5 Å². The van der Waals surface area contributed by atoms with Crippen LogP contribution in [0.4, 0.5) is 5.69 Å². The Hall–Kier alpha value is -3.25. The smallest absolute Gasteiger partial charge is 0.160 e. The average Bonchev–Trinajstić information content (AvgIpc) is 2.86. The number of aryl methyl sites for hydroxylation is 1. The standard InChI is InChI=1S/C27H33N3O3/c1-3-5-20-15-21(16-26(31)27(20)32)25-14-19(8-13-29-25)18-30(22-9-11-28-12-10-22)23-6-4-7-24(17-23)33-2/h4,6-8,13-17,22,28,31-32H,3,5,9-12,18H2,1-2H3. The van der Waals surface area contributed by atoms with Crippen molar-refractivity contribution >= 4 is 5.69 Å². The van der Waals surface area contributed by atoms with E-state index >= 15 is 0 Å². The number of benzene rings is 2. The lowest BCUT2D eigenvalue weighted by atomic mass is 10.0. The molecule has 3 aromatic rings. The summed E-state index contributed by atoms with van der Waals surface area (Å²) in [5.74, 6) is 0.715. The Balaban J connectivity index is 1.66. The average molecular weight is 448 g/mol. The Kier molecular flexibility index (Phi) is 7.35. The fourth-order valence-corrected chi connectivity index (χ4v) is 4.55. The lowest BCUT2D eigenvalue weighted by molar-refractivity contribution is 0.399. The maximum absolute atomic E-state index is 10.2. The first-order valence-corrected chi connectivity index (χ1v) is 11.7. The van der Waals surface area contributed by atoms with Crippen molar-refractivity contribution in [1.29, 1.82) is 0 Å². The number of nitrogens with one attached hydrogen (secondary N) is 1. The van der Waals surface area contributed by atoms with Gasteiger partial charge in [-0.2, -0.15) is 0 Å². The van der Waals surface area contributed by atoms with Crippen LogP contribution in [0.5, 0.6) is 17.2 Å². The minimum atomic E-state index is -0.101. The summed E-state index contributed by atoms with van der Waals surface area (Å²) < 4.78 is 5.48. The van der Waals surface area contributed by atoms with Gasteiger partial charge < -0.3 is 25.2 Å². The summed E-state index contributed by atoms with van der Waals surface area (Å²) in [6, 6.07) is 16.3. The minimum Gasteiger partial charge on any atom is -0.504 e. The summed E-state index contributed by atoms with van der Waals surface area (Å²) in [4.78, 5) is 7.02. The first-order chi connectivity index (χ1) is 16.1. The van der Waals surface area contributed by atoms with Crippen molar-refractivity contribution in [3.8, 4) is 28.5 Å². The molecule has 0 amide bonds. The quantitative estimate of drug-likeness (QED) is 0.427. The molecular formula is C27H33N3O3. The first-order valence-electron chi connectivity index (χ1n) is 11.7. The van der Waals surface area contributed by atoms with E-state index in [0.29, 0.717) is 12.5 Å². The van der Waals surface area contributed by atoms with Gasteiger partial charge in [-0.05, 0) is 79.9 Å². The van der Waals surface area contributed by atoms with Gasteiger partial charge in [-0.1, -0.05) is 19.4 Å². The van der Waals surface area contributed by atoms with Crippen LogP contribution < -0.4 is 15.0 Å². The van der Waals surface area contributed by atoms with Crippen molar-refractivity contribution in [3.05, 3.63) is 65.9 Å². The van der Waals surface area contributed by atoms with Gasteiger partial charge in [-0.3, -0.25) is 4.98 Å². The van der Waals surface area contributed by atoms with Crippen LogP contribution in [0.3, 0.4) is 0 Å². The molecule has 1 aromatic heterocycles. The Morgan fingerprint density at radius 2 is 1.91 bits per heavy atom. The molecule has 6 heteroatoms. The minimum absolute atomic E-state index is 0.0353. The number of anilines is 1. The third-order valence-electron chi connectivity index (χ3n) is 6.30. The predicted octanol–water partition coefficient (Wildman–Crippen LogP) is 4.88. The van der Waals surface area contributed by atoms with Gasteiger partial charge in [0.05, 0.1) is 12.8 Å². The monoisotopic (exact) mass is 447 g/mol. The highest BCUT2D eigenvalue weighted by Crippen LogP contribution is 2.35. The fraction of sp³-hybridized carbons (Fsp3) is 0.370. The molecule has 1 aliphatic heterocycles. The number of pyridine rings is 1. The number of phenols is 2. The van der Waals surface area contributed by atoms with E-state index in [-0.39, 0.29) is 11.5 Å². The van der Waals surface area contributed by atoms with Gasteiger partial charge in [0.2, 0.25) is 0 Å². The number of nitrogens with zero attached hydrogens (tertiary/aromatic N) is 2. The Labute approximate surface area is 195 Å². The second kappa shape index (κ2) is 10.6. The molecule has 1 saturated heterocycles. The van der Waals surface area contributed by atoms with Gasteiger partial charge in [-0.15, -0.1) is 0 Å². The fourth-order valence-electron chi connectivity index (χ4n) is 4.55. The van der Waals surface area contributed by atoms with Gasteiger partial charge in [0.25, 0.3) is 0 Å². The maximum Gasteiger partial charge on any atom is 0.160 e. The van der Waals surface area contributed by atoms with Crippen LogP contribution in [0.1, 0.15) is 37.3 Å². The summed E-state index contributed by atoms with van der Waals surface area (Å²) in [6.45, 7) is 4.83. The molecule has 33 heavy (non-hydrogen) atoms. The van der Waals surface area contributed by atoms with Crippen LogP contribution in [0.2, 0.25) is 0 Å². The van der Waals surface area contributed by atoms with E-state index in [1.165, 1.54) is 0 Å². The SMILES string of the molecule is CCCc1cc(-c2cc(CN(c3cccc(OC)c3)C3CCNCC3)ccn2)cc(O)c1O. The van der Waals surface area contributed by atoms with Crippen LogP contribution in [0.15, 0.2) is 54.7 Å². The number of rotatable bonds is 8. The third kappa shape index (κ3) is 5.40. The molecule has 1 fully saturated rings. The van der Waals surface area contributed by atoms with Crippen molar-refractivity contribution in [2.45, 2.75) is 45.2 Å². The molecule has 0 atom stereocenters. The molecule has 1 aliphatic rings. The summed E-state index contributed by atoms with van der Waals surface area (Å²) in [7, 11) is 1.70. The largest absolute Gasteiger partial charge is 0.504 e. The molecule has 0 spiro atoms. The summed E-state index contributed by atoms with van der Waals surface area (Å²) in [5.41, 5.74) is 4.63. The highest BCUT2D eigenvalue weighted by Gasteiger charge is 2.22. The zero-order chi connectivity index (χ0) is 23.2. The molecule has 0 bridgehead atoms. The van der Waals surface area contributed by atoms with Crippen LogP contribution in [0, 0.1) is 0 Å². The van der Waals surface area contributed by atoms with Crippen molar-refractivity contribution in [2.75, 3.05) is 25.1 Å². The number of phenolic OH excluding ortho intramolecular Hbond substituents is 2. The summed E-state index contributed by atoms with van der Waals surface area (Å²) >= 11 is 0. The highest BCUT2D eigenvalue weighted by atomic mass is 16.5. The van der Waals surface area contributed by atoms with Crippen molar-refractivity contribution in [2.24, 2.45) is 0 Å². The number of piperidine rings is 1. The molecule has 2 heterocycles. The van der Waals surface area contributed by atoms with Crippen molar-refractivity contribution < 1.29 is 14.9 Å². The number of aromatic nitrogens is 1. The van der Waals surface area contributed by atoms with Gasteiger partial charge in [-0.25, -0.2) is 0 Å². The van der Waals surface area contributed by atoms with E-state index in [4.69, 9.17) is 4.74 Å². The van der Waals surface area contributed by atoms with E-state index in [1.54, 1.807) is 13.2 Å². The van der Waals surface area contributed by atoms with Gasteiger partial charge in [0, 0.05) is 36.1 Å². The van der Waals surface area contributed by atoms with Gasteiger partial charge in [0.1, 0.15) is 5.75 Å². The lowest BCUT2D eigenvalue weighted by Crippen LogP contribution is -2.43. The molecule has 6 nitrogen and oxygen atoms in total. The first kappa shape index (κ1) is 22.9. The Morgan fingerprint density at radius 3 is 2.67 bits per heavy atom. The highest BCUT2D eigenvalue weighted by molar-refractivity contribution is 5.66. The molecule has 0 unspecified atom stereocenters. The zero-order valence-corrected chi connectivity index (χ0v) is 19.4. The molecule has 0 radical (unpaired) electrons. The van der Waals surface area contributed by atoms with E-state index in [0.717, 1.165) is 72.7 Å². The molecule has 4 rings (SSSR count). The third-order valence-corrected chi connectivity index (χ3v) is 6.30. The van der Waals surface area contributed by atoms with E-state index in [9.17, 15) is 10.2 Å². The second-order valence-electron chi connectivity index (χ2n) is 8.61. The van der Waals surface area contributed by atoms with Gasteiger partial charge >= 0.3 is 0 Å². The number of hydrogen-bond acceptors (Lipinski definition) is 6. The van der Waals surface area contributed by atoms with Crippen molar-refractivity contribution in [3.63, 3.8) is 0 Å². The van der Waals surface area contributed by atoms with Crippen LogP contribution in [0.25, 0.3) is 11.3 Å². The van der Waals surface area contributed by atoms with E-state index in [2.05, 4.69) is 40.3 Å².